The van der Waals surface area contributed by atoms with Gasteiger partial charge in [-0.15, -0.1) is 0 Å². The molecule has 1 aliphatic rings. The van der Waals surface area contributed by atoms with E-state index in [0.29, 0.717) is 42.9 Å². The molecule has 1 aliphatic heterocycles. The summed E-state index contributed by atoms with van der Waals surface area (Å²) in [6.07, 6.45) is 2.78. The third-order valence-corrected chi connectivity index (χ3v) is 6.77. The Balaban J connectivity index is 1.50. The standard InChI is InChI=1S/C20H26N6O3S/c1-20(2,3)26-17-16(13-21-26)18(27)23-19(22-17)25-11-9-14(10-12-25)24-30(28,29)15-7-5-4-6-8-15/h4-8,13-14,24H,9-12H2,1-3H3,(H,22,23,27). The first-order chi connectivity index (χ1) is 14.1. The second-order valence-electron chi connectivity index (χ2n) is 8.55. The summed E-state index contributed by atoms with van der Waals surface area (Å²) >= 11 is 0. The number of fused-ring (bicyclic) bond motifs is 1. The number of piperidine rings is 1. The molecule has 2 aromatic heterocycles. The number of H-pyrrole nitrogens is 1. The molecule has 1 saturated heterocycles. The number of hydrogen-bond acceptors (Lipinski definition) is 6. The van der Waals surface area contributed by atoms with Crippen LogP contribution in [0.15, 0.2) is 46.2 Å². The maximum atomic E-state index is 12.6. The molecule has 4 rings (SSSR count). The van der Waals surface area contributed by atoms with Gasteiger partial charge in [0, 0.05) is 19.1 Å². The van der Waals surface area contributed by atoms with Gasteiger partial charge in [0.15, 0.2) is 5.65 Å². The Morgan fingerprint density at radius 2 is 1.80 bits per heavy atom. The molecule has 0 bridgehead atoms. The van der Waals surface area contributed by atoms with Gasteiger partial charge in [-0.25, -0.2) is 17.8 Å². The van der Waals surface area contributed by atoms with Crippen LogP contribution in [0.3, 0.4) is 0 Å². The van der Waals surface area contributed by atoms with Gasteiger partial charge in [0.05, 0.1) is 16.6 Å². The molecule has 3 heterocycles. The lowest BCUT2D eigenvalue weighted by Gasteiger charge is -2.32. The molecular formula is C20H26N6O3S. The van der Waals surface area contributed by atoms with Crippen molar-refractivity contribution in [3.63, 3.8) is 0 Å². The maximum Gasteiger partial charge on any atom is 0.263 e. The normalized spacial score (nSPS) is 16.3. The maximum absolute atomic E-state index is 12.6. The number of aromatic nitrogens is 4. The van der Waals surface area contributed by atoms with E-state index in [9.17, 15) is 13.2 Å². The fourth-order valence-electron chi connectivity index (χ4n) is 3.64. The van der Waals surface area contributed by atoms with E-state index in [2.05, 4.69) is 19.8 Å². The predicted octanol–water partition coefficient (Wildman–Crippen LogP) is 1.82. The molecule has 160 valence electrons. The van der Waals surface area contributed by atoms with Gasteiger partial charge >= 0.3 is 0 Å². The van der Waals surface area contributed by atoms with Gasteiger partial charge < -0.3 is 4.90 Å². The van der Waals surface area contributed by atoms with Crippen LogP contribution in [0.5, 0.6) is 0 Å². The zero-order valence-corrected chi connectivity index (χ0v) is 18.1. The molecule has 0 amide bonds. The highest BCUT2D eigenvalue weighted by molar-refractivity contribution is 7.89. The van der Waals surface area contributed by atoms with Gasteiger partial charge in [-0.3, -0.25) is 9.78 Å². The topological polar surface area (TPSA) is 113 Å². The Morgan fingerprint density at radius 3 is 2.43 bits per heavy atom. The highest BCUT2D eigenvalue weighted by Gasteiger charge is 2.27. The van der Waals surface area contributed by atoms with E-state index in [1.807, 2.05) is 25.7 Å². The van der Waals surface area contributed by atoms with E-state index >= 15 is 0 Å². The highest BCUT2D eigenvalue weighted by Crippen LogP contribution is 2.22. The molecule has 3 aromatic rings. The fourth-order valence-corrected chi connectivity index (χ4v) is 4.97. The lowest BCUT2D eigenvalue weighted by Crippen LogP contribution is -2.45. The van der Waals surface area contributed by atoms with Crippen LogP contribution < -0.4 is 15.2 Å². The van der Waals surface area contributed by atoms with E-state index in [4.69, 9.17) is 0 Å². The Bertz CT molecular complexity index is 1200. The summed E-state index contributed by atoms with van der Waals surface area (Å²) in [6.45, 7) is 7.19. The van der Waals surface area contributed by atoms with E-state index in [0.717, 1.165) is 0 Å². The van der Waals surface area contributed by atoms with Crippen LogP contribution in [-0.4, -0.2) is 47.3 Å². The molecule has 0 saturated carbocycles. The first kappa shape index (κ1) is 20.5. The quantitative estimate of drug-likeness (QED) is 0.653. The van der Waals surface area contributed by atoms with E-state index in [1.165, 1.54) is 0 Å². The summed E-state index contributed by atoms with van der Waals surface area (Å²) in [4.78, 5) is 22.3. The summed E-state index contributed by atoms with van der Waals surface area (Å²) < 4.78 is 29.6. The van der Waals surface area contributed by atoms with Crippen molar-refractivity contribution >= 4 is 27.0 Å². The first-order valence-electron chi connectivity index (χ1n) is 9.96. The van der Waals surface area contributed by atoms with Gasteiger partial charge in [-0.05, 0) is 45.7 Å². The number of hydrogen-bond donors (Lipinski definition) is 2. The number of aromatic amines is 1. The van der Waals surface area contributed by atoms with Crippen LogP contribution in [0.1, 0.15) is 33.6 Å². The minimum atomic E-state index is -3.55. The number of anilines is 1. The van der Waals surface area contributed by atoms with Gasteiger partial charge in [0.2, 0.25) is 16.0 Å². The van der Waals surface area contributed by atoms with Crippen molar-refractivity contribution < 1.29 is 8.42 Å². The van der Waals surface area contributed by atoms with Gasteiger partial charge in [-0.1, -0.05) is 18.2 Å². The zero-order valence-electron chi connectivity index (χ0n) is 17.3. The molecule has 1 aromatic carbocycles. The summed E-state index contributed by atoms with van der Waals surface area (Å²) in [7, 11) is -3.55. The predicted molar refractivity (Wildman–Crippen MR) is 115 cm³/mol. The van der Waals surface area contributed by atoms with Gasteiger partial charge in [0.25, 0.3) is 5.56 Å². The number of nitrogens with zero attached hydrogens (tertiary/aromatic N) is 4. The van der Waals surface area contributed by atoms with Crippen LogP contribution in [-0.2, 0) is 15.6 Å². The molecule has 0 atom stereocenters. The van der Waals surface area contributed by atoms with Crippen molar-refractivity contribution in [3.05, 3.63) is 46.9 Å². The molecule has 30 heavy (non-hydrogen) atoms. The monoisotopic (exact) mass is 430 g/mol. The lowest BCUT2D eigenvalue weighted by molar-refractivity contribution is 0.365. The number of rotatable bonds is 4. The van der Waals surface area contributed by atoms with Crippen molar-refractivity contribution in [2.24, 2.45) is 0 Å². The third kappa shape index (κ3) is 3.97. The average molecular weight is 431 g/mol. The van der Waals surface area contributed by atoms with Crippen LogP contribution in [0, 0.1) is 0 Å². The van der Waals surface area contributed by atoms with Crippen molar-refractivity contribution in [1.29, 1.82) is 0 Å². The summed E-state index contributed by atoms with van der Waals surface area (Å²) in [5, 5.41) is 4.79. The minimum Gasteiger partial charge on any atom is -0.342 e. The van der Waals surface area contributed by atoms with Crippen LogP contribution in [0.25, 0.3) is 11.0 Å². The molecule has 1 fully saturated rings. The number of sulfonamides is 1. The Kier molecular flexibility index (Phi) is 5.15. The summed E-state index contributed by atoms with van der Waals surface area (Å²) in [6, 6.07) is 8.20. The highest BCUT2D eigenvalue weighted by atomic mass is 32.2. The second kappa shape index (κ2) is 7.51. The largest absolute Gasteiger partial charge is 0.342 e. The molecule has 10 heteroatoms. The summed E-state index contributed by atoms with van der Waals surface area (Å²) in [5.41, 5.74) is 0.0215. The second-order valence-corrected chi connectivity index (χ2v) is 10.3. The minimum absolute atomic E-state index is 0.165. The lowest BCUT2D eigenvalue weighted by atomic mass is 10.1. The summed E-state index contributed by atoms with van der Waals surface area (Å²) in [5.74, 6) is 0.489. The Labute approximate surface area is 175 Å². The molecule has 0 radical (unpaired) electrons. The molecule has 2 N–H and O–H groups in total. The van der Waals surface area contributed by atoms with Crippen molar-refractivity contribution in [3.8, 4) is 0 Å². The SMILES string of the molecule is CC(C)(C)n1ncc2c(=O)[nH]c(N3CCC(NS(=O)(=O)c4ccccc4)CC3)nc21. The number of benzene rings is 1. The zero-order chi connectivity index (χ0) is 21.5. The first-order valence-corrected chi connectivity index (χ1v) is 11.4. The van der Waals surface area contributed by atoms with Crippen molar-refractivity contribution in [2.45, 2.75) is 50.1 Å². The molecule has 0 aliphatic carbocycles. The average Bonchev–Trinajstić information content (AvgIpc) is 3.14. The van der Waals surface area contributed by atoms with Crippen LogP contribution in [0.2, 0.25) is 0 Å². The molecule has 9 nitrogen and oxygen atoms in total. The van der Waals surface area contributed by atoms with Crippen molar-refractivity contribution in [1.82, 2.24) is 24.5 Å². The molecular weight excluding hydrogens is 404 g/mol. The van der Waals surface area contributed by atoms with E-state index in [-0.39, 0.29) is 22.0 Å². The van der Waals surface area contributed by atoms with Crippen LogP contribution in [0.4, 0.5) is 5.95 Å². The van der Waals surface area contributed by atoms with Gasteiger partial charge in [0.1, 0.15) is 5.39 Å². The van der Waals surface area contributed by atoms with Crippen LogP contribution >= 0.6 is 0 Å². The molecule has 0 unspecified atom stereocenters. The van der Waals surface area contributed by atoms with Gasteiger partial charge in [-0.2, -0.15) is 10.1 Å². The fraction of sp³-hybridized carbons (Fsp3) is 0.450. The Hall–Kier alpha value is -2.72. The third-order valence-electron chi connectivity index (χ3n) is 5.23. The van der Waals surface area contributed by atoms with E-state index in [1.54, 1.807) is 41.2 Å². The smallest absolute Gasteiger partial charge is 0.263 e. The Morgan fingerprint density at radius 1 is 1.13 bits per heavy atom. The van der Waals surface area contributed by atoms with E-state index < -0.39 is 10.0 Å². The van der Waals surface area contributed by atoms with Crippen molar-refractivity contribution in [2.75, 3.05) is 18.0 Å². The molecule has 0 spiro atoms. The number of nitrogens with one attached hydrogen (secondary N) is 2.